The lowest BCUT2D eigenvalue weighted by Crippen LogP contribution is -2.39. The largest absolute Gasteiger partial charge is 0.497 e. The van der Waals surface area contributed by atoms with Crippen LogP contribution < -0.4 is 9.47 Å². The average Bonchev–Trinajstić information content (AvgIpc) is 3.59. The highest BCUT2D eigenvalue weighted by atomic mass is 16.5. The highest BCUT2D eigenvalue weighted by Crippen LogP contribution is 2.63. The van der Waals surface area contributed by atoms with Crippen LogP contribution in [0.15, 0.2) is 121 Å². The zero-order valence-electron chi connectivity index (χ0n) is 30.1. The highest BCUT2D eigenvalue weighted by Gasteiger charge is 2.51. The Hall–Kier alpha value is -5.08. The van der Waals surface area contributed by atoms with Gasteiger partial charge in [-0.25, -0.2) is 0 Å². The first-order valence-electron chi connectivity index (χ1n) is 18.1. The van der Waals surface area contributed by atoms with Crippen LogP contribution in [0.4, 0.5) is 0 Å². The molecule has 248 valence electrons. The maximum Gasteiger partial charge on any atom is 0.178 e. The van der Waals surface area contributed by atoms with E-state index in [1.807, 2.05) is 0 Å². The molecule has 0 saturated heterocycles. The molecule has 50 heavy (non-hydrogen) atoms. The number of benzene rings is 6. The molecule has 0 amide bonds. The van der Waals surface area contributed by atoms with Crippen LogP contribution in [0.3, 0.4) is 0 Å². The van der Waals surface area contributed by atoms with Gasteiger partial charge >= 0.3 is 0 Å². The minimum Gasteiger partial charge on any atom is -0.497 e. The van der Waals surface area contributed by atoms with Crippen LogP contribution in [0.2, 0.25) is 0 Å². The fraction of sp³-hybridized carbons (Fsp3) is 0.250. The normalized spacial score (nSPS) is 18.7. The molecule has 2 heteroatoms. The Morgan fingerprint density at radius 2 is 1.20 bits per heavy atom. The van der Waals surface area contributed by atoms with Crippen LogP contribution >= 0.6 is 0 Å². The Kier molecular flexibility index (Phi) is 6.63. The lowest BCUT2D eigenvalue weighted by molar-refractivity contribution is 0.162. The van der Waals surface area contributed by atoms with Gasteiger partial charge in [-0.05, 0) is 86.0 Å². The van der Waals surface area contributed by atoms with Crippen LogP contribution in [0, 0.1) is 11.8 Å². The Morgan fingerprint density at radius 1 is 0.600 bits per heavy atom. The van der Waals surface area contributed by atoms with Gasteiger partial charge in [0.25, 0.3) is 0 Å². The quantitative estimate of drug-likeness (QED) is 0.184. The van der Waals surface area contributed by atoms with Crippen LogP contribution in [0.5, 0.6) is 11.5 Å². The second-order valence-corrected chi connectivity index (χ2v) is 15.6. The van der Waals surface area contributed by atoms with E-state index in [9.17, 15) is 0 Å². The SMILES string of the molecule is COc1ccc(C2(c3ccc4c(c3)C(C)(C)c3ccccc3-4)C=Cc3c4c(c5ccccc5c3O2)-c2ccccc2C4(C(C)C)C(C)C)cc1. The summed E-state index contributed by atoms with van der Waals surface area (Å²) in [6.45, 7) is 14.3. The van der Waals surface area contributed by atoms with Crippen LogP contribution in [-0.4, -0.2) is 7.11 Å². The van der Waals surface area contributed by atoms with Gasteiger partial charge in [0.2, 0.25) is 0 Å². The predicted molar refractivity (Wildman–Crippen MR) is 207 cm³/mol. The molecule has 3 aliphatic rings. The van der Waals surface area contributed by atoms with Crippen molar-refractivity contribution >= 4 is 16.8 Å². The van der Waals surface area contributed by atoms with Gasteiger partial charge in [-0.1, -0.05) is 145 Å². The molecule has 0 fully saturated rings. The lowest BCUT2D eigenvalue weighted by atomic mass is 9.61. The molecule has 1 aliphatic heterocycles. The van der Waals surface area contributed by atoms with Gasteiger partial charge in [0.15, 0.2) is 5.60 Å². The van der Waals surface area contributed by atoms with Crippen molar-refractivity contribution in [2.24, 2.45) is 11.8 Å². The summed E-state index contributed by atoms with van der Waals surface area (Å²) in [6, 6.07) is 42.3. The summed E-state index contributed by atoms with van der Waals surface area (Å²) < 4.78 is 13.4. The summed E-state index contributed by atoms with van der Waals surface area (Å²) in [7, 11) is 1.72. The van der Waals surface area contributed by atoms with E-state index < -0.39 is 5.60 Å². The minimum absolute atomic E-state index is 0.132. The van der Waals surface area contributed by atoms with Gasteiger partial charge in [0.05, 0.1) is 7.11 Å². The number of hydrogen-bond acceptors (Lipinski definition) is 2. The molecule has 0 N–H and O–H groups in total. The van der Waals surface area contributed by atoms with Gasteiger partial charge in [0.1, 0.15) is 11.5 Å². The number of hydrogen-bond donors (Lipinski definition) is 0. The smallest absolute Gasteiger partial charge is 0.178 e. The molecule has 0 bridgehead atoms. The topological polar surface area (TPSA) is 18.5 Å². The van der Waals surface area contributed by atoms with Gasteiger partial charge in [-0.3, -0.25) is 0 Å². The second-order valence-electron chi connectivity index (χ2n) is 15.6. The summed E-state index contributed by atoms with van der Waals surface area (Å²) in [5.74, 6) is 2.53. The monoisotopic (exact) mass is 652 g/mol. The third-order valence-corrected chi connectivity index (χ3v) is 12.4. The van der Waals surface area contributed by atoms with Crippen molar-refractivity contribution in [1.29, 1.82) is 0 Å². The summed E-state index contributed by atoms with van der Waals surface area (Å²) in [4.78, 5) is 0. The molecule has 6 aromatic carbocycles. The predicted octanol–water partition coefficient (Wildman–Crippen LogP) is 12.1. The van der Waals surface area contributed by atoms with Gasteiger partial charge < -0.3 is 9.47 Å². The summed E-state index contributed by atoms with van der Waals surface area (Å²) in [6.07, 6.45) is 4.73. The highest BCUT2D eigenvalue weighted by molar-refractivity contribution is 6.08. The second kappa shape index (κ2) is 10.7. The summed E-state index contributed by atoms with van der Waals surface area (Å²) in [5.41, 5.74) is 13.1. The van der Waals surface area contributed by atoms with Crippen molar-refractivity contribution in [3.63, 3.8) is 0 Å². The zero-order valence-corrected chi connectivity index (χ0v) is 30.1. The minimum atomic E-state index is -0.861. The number of rotatable bonds is 5. The van der Waals surface area contributed by atoms with E-state index in [1.165, 1.54) is 55.5 Å². The molecule has 2 nitrogen and oxygen atoms in total. The Labute approximate surface area is 296 Å². The Bertz CT molecular complexity index is 2360. The van der Waals surface area contributed by atoms with Gasteiger partial charge in [-0.2, -0.15) is 0 Å². The van der Waals surface area contributed by atoms with Crippen molar-refractivity contribution in [3.8, 4) is 33.8 Å². The van der Waals surface area contributed by atoms with E-state index in [-0.39, 0.29) is 10.8 Å². The first kappa shape index (κ1) is 30.9. The van der Waals surface area contributed by atoms with Crippen molar-refractivity contribution in [2.45, 2.75) is 58.0 Å². The molecule has 1 atom stereocenters. The van der Waals surface area contributed by atoms with E-state index in [4.69, 9.17) is 9.47 Å². The maximum atomic E-state index is 7.73. The summed E-state index contributed by atoms with van der Waals surface area (Å²) in [5, 5.41) is 2.40. The maximum absolute atomic E-state index is 7.73. The zero-order chi connectivity index (χ0) is 34.6. The van der Waals surface area contributed by atoms with Crippen molar-refractivity contribution in [1.82, 2.24) is 0 Å². The molecule has 9 rings (SSSR count). The first-order chi connectivity index (χ1) is 24.1. The van der Waals surface area contributed by atoms with E-state index in [1.54, 1.807) is 7.11 Å². The molecule has 0 radical (unpaired) electrons. The molecule has 0 aromatic heterocycles. The standard InChI is InChI=1S/C48H44O2/c1-29(2)48(30(3)4)41-19-13-11-17-38(41)43-36-15-8-9-16-37(36)45-39(44(43)48)26-27-47(50-45,31-20-23-33(49-7)24-21-31)32-22-25-35-34-14-10-12-18-40(34)46(5,6)42(35)28-32/h8-30H,1-7H3. The van der Waals surface area contributed by atoms with Gasteiger partial charge in [0, 0.05) is 32.9 Å². The van der Waals surface area contributed by atoms with E-state index >= 15 is 0 Å². The first-order valence-corrected chi connectivity index (χ1v) is 18.1. The van der Waals surface area contributed by atoms with E-state index in [0.29, 0.717) is 11.8 Å². The van der Waals surface area contributed by atoms with Crippen LogP contribution in [-0.2, 0) is 16.4 Å². The number of ether oxygens (including phenoxy) is 2. The Balaban J connectivity index is 1.35. The fourth-order valence-corrected chi connectivity index (χ4v) is 10.1. The molecule has 0 spiro atoms. The molecular weight excluding hydrogens is 609 g/mol. The van der Waals surface area contributed by atoms with E-state index in [2.05, 4.69) is 169 Å². The van der Waals surface area contributed by atoms with Crippen molar-refractivity contribution in [2.75, 3.05) is 7.11 Å². The molecule has 1 heterocycles. The average molecular weight is 653 g/mol. The van der Waals surface area contributed by atoms with Crippen molar-refractivity contribution < 1.29 is 9.47 Å². The van der Waals surface area contributed by atoms with E-state index in [0.717, 1.165) is 28.0 Å². The summed E-state index contributed by atoms with van der Waals surface area (Å²) >= 11 is 0. The van der Waals surface area contributed by atoms with Crippen LogP contribution in [0.25, 0.3) is 39.1 Å². The number of fused-ring (bicyclic) bond motifs is 11. The fourth-order valence-electron chi connectivity index (χ4n) is 10.1. The van der Waals surface area contributed by atoms with Crippen molar-refractivity contribution in [3.05, 3.63) is 160 Å². The number of methoxy groups -OCH3 is 1. The van der Waals surface area contributed by atoms with Gasteiger partial charge in [-0.15, -0.1) is 0 Å². The molecule has 0 saturated carbocycles. The third kappa shape index (κ3) is 3.85. The third-order valence-electron chi connectivity index (χ3n) is 12.4. The molecule has 1 unspecified atom stereocenters. The van der Waals surface area contributed by atoms with Crippen LogP contribution in [0.1, 0.15) is 80.5 Å². The molecular formula is C48H44O2. The molecule has 2 aliphatic carbocycles. The molecule has 6 aromatic rings. The Morgan fingerprint density at radius 3 is 1.90 bits per heavy atom. The lowest BCUT2D eigenvalue weighted by Gasteiger charge is -2.43.